The zero-order valence-corrected chi connectivity index (χ0v) is 11.6. The van der Waals surface area contributed by atoms with Gasteiger partial charge in [0.15, 0.2) is 0 Å². The van der Waals surface area contributed by atoms with Crippen molar-refractivity contribution in [3.8, 4) is 5.75 Å². The lowest BCUT2D eigenvalue weighted by Crippen LogP contribution is -2.18. The van der Waals surface area contributed by atoms with E-state index < -0.39 is 0 Å². The molecule has 0 aliphatic carbocycles. The van der Waals surface area contributed by atoms with Crippen molar-refractivity contribution in [2.45, 2.75) is 26.3 Å². The summed E-state index contributed by atoms with van der Waals surface area (Å²) in [7, 11) is 1.65. The number of methoxy groups -OCH3 is 1. The molecule has 0 saturated heterocycles. The molecule has 4 heteroatoms. The highest BCUT2D eigenvalue weighted by molar-refractivity contribution is 6.35. The molecule has 1 atom stereocenters. The predicted molar refractivity (Wildman–Crippen MR) is 75.4 cm³/mol. The second-order valence-electron chi connectivity index (χ2n) is 4.57. The average molecular weight is 265 g/mol. The topological polar surface area (TPSA) is 48.1 Å². The number of benzene rings is 1. The van der Waals surface area contributed by atoms with E-state index in [1.165, 1.54) is 0 Å². The SMILES string of the molecule is COc1ccc2nc(C)cc(Cl)c2c1CC(C)N. The largest absolute Gasteiger partial charge is 0.496 e. The number of nitrogens with zero attached hydrogens (tertiary/aromatic N) is 1. The molecule has 0 amide bonds. The fraction of sp³-hybridized carbons (Fsp3) is 0.357. The molecule has 0 radical (unpaired) electrons. The van der Waals surface area contributed by atoms with Gasteiger partial charge in [0.25, 0.3) is 0 Å². The molecule has 0 spiro atoms. The maximum Gasteiger partial charge on any atom is 0.122 e. The minimum atomic E-state index is 0.0434. The summed E-state index contributed by atoms with van der Waals surface area (Å²) in [5, 5.41) is 1.64. The van der Waals surface area contributed by atoms with Crippen LogP contribution in [0.4, 0.5) is 0 Å². The third-order valence-corrected chi connectivity index (χ3v) is 3.16. The van der Waals surface area contributed by atoms with Crippen LogP contribution in [-0.4, -0.2) is 18.1 Å². The van der Waals surface area contributed by atoms with Crippen LogP contribution in [-0.2, 0) is 6.42 Å². The highest BCUT2D eigenvalue weighted by atomic mass is 35.5. The first-order chi connectivity index (χ1) is 8.52. The summed E-state index contributed by atoms with van der Waals surface area (Å²) in [5.41, 5.74) is 8.72. The second-order valence-corrected chi connectivity index (χ2v) is 4.97. The maximum absolute atomic E-state index is 6.34. The van der Waals surface area contributed by atoms with Crippen LogP contribution in [0.5, 0.6) is 5.75 Å². The zero-order valence-electron chi connectivity index (χ0n) is 10.8. The summed E-state index contributed by atoms with van der Waals surface area (Å²) in [6.45, 7) is 3.90. The number of aryl methyl sites for hydroxylation is 1. The second kappa shape index (κ2) is 5.12. The van der Waals surface area contributed by atoms with Gasteiger partial charge >= 0.3 is 0 Å². The lowest BCUT2D eigenvalue weighted by molar-refractivity contribution is 0.409. The molecule has 3 nitrogen and oxygen atoms in total. The van der Waals surface area contributed by atoms with Gasteiger partial charge < -0.3 is 10.5 Å². The van der Waals surface area contributed by atoms with Crippen molar-refractivity contribution in [1.82, 2.24) is 4.98 Å². The molecule has 0 fully saturated rings. The third-order valence-electron chi connectivity index (χ3n) is 2.87. The quantitative estimate of drug-likeness (QED) is 0.927. The van der Waals surface area contributed by atoms with Crippen molar-refractivity contribution in [1.29, 1.82) is 0 Å². The molecule has 1 aromatic carbocycles. The number of nitrogens with two attached hydrogens (primary N) is 1. The first-order valence-electron chi connectivity index (χ1n) is 5.91. The van der Waals surface area contributed by atoms with Crippen molar-refractivity contribution < 1.29 is 4.74 Å². The van der Waals surface area contributed by atoms with Gasteiger partial charge in [-0.05, 0) is 38.5 Å². The Bertz CT molecular complexity index is 582. The van der Waals surface area contributed by atoms with Crippen molar-refractivity contribution in [2.24, 2.45) is 5.73 Å². The highest BCUT2D eigenvalue weighted by Gasteiger charge is 2.14. The Morgan fingerprint density at radius 3 is 2.78 bits per heavy atom. The van der Waals surface area contributed by atoms with E-state index in [4.69, 9.17) is 22.1 Å². The molecule has 96 valence electrons. The summed E-state index contributed by atoms with van der Waals surface area (Å²) in [4.78, 5) is 4.50. The summed E-state index contributed by atoms with van der Waals surface area (Å²) in [5.74, 6) is 0.812. The van der Waals surface area contributed by atoms with Gasteiger partial charge in [-0.25, -0.2) is 0 Å². The number of hydrogen-bond acceptors (Lipinski definition) is 3. The Morgan fingerprint density at radius 1 is 1.44 bits per heavy atom. The molecule has 1 heterocycles. The lowest BCUT2D eigenvalue weighted by Gasteiger charge is -2.15. The zero-order chi connectivity index (χ0) is 13.3. The van der Waals surface area contributed by atoms with E-state index in [0.29, 0.717) is 11.4 Å². The maximum atomic E-state index is 6.34. The van der Waals surface area contributed by atoms with E-state index >= 15 is 0 Å². The minimum Gasteiger partial charge on any atom is -0.496 e. The Labute approximate surface area is 112 Å². The molecule has 0 aliphatic rings. The van der Waals surface area contributed by atoms with Crippen LogP contribution in [0.3, 0.4) is 0 Å². The fourth-order valence-electron chi connectivity index (χ4n) is 2.17. The van der Waals surface area contributed by atoms with Crippen LogP contribution in [0.25, 0.3) is 10.9 Å². The minimum absolute atomic E-state index is 0.0434. The molecule has 1 aromatic heterocycles. The average Bonchev–Trinajstić information content (AvgIpc) is 2.27. The summed E-state index contributed by atoms with van der Waals surface area (Å²) >= 11 is 6.34. The number of fused-ring (bicyclic) bond motifs is 1. The van der Waals surface area contributed by atoms with Crippen molar-refractivity contribution in [2.75, 3.05) is 7.11 Å². The van der Waals surface area contributed by atoms with Crippen LogP contribution >= 0.6 is 11.6 Å². The number of hydrogen-bond donors (Lipinski definition) is 1. The van der Waals surface area contributed by atoms with Crippen LogP contribution in [0.1, 0.15) is 18.2 Å². The number of halogens is 1. The normalized spacial score (nSPS) is 12.7. The predicted octanol–water partition coefficient (Wildman–Crippen LogP) is 3.09. The molecular weight excluding hydrogens is 248 g/mol. The molecule has 0 aliphatic heterocycles. The highest BCUT2D eigenvalue weighted by Crippen LogP contribution is 2.33. The standard InChI is InChI=1S/C14H17ClN2O/c1-8(16)6-10-13(18-3)5-4-12-14(10)11(15)7-9(2)17-12/h4-5,7-8H,6,16H2,1-3H3. The first kappa shape index (κ1) is 13.1. The van der Waals surface area contributed by atoms with Gasteiger partial charge in [0, 0.05) is 22.7 Å². The van der Waals surface area contributed by atoms with Crippen LogP contribution < -0.4 is 10.5 Å². The summed E-state index contributed by atoms with van der Waals surface area (Å²) < 4.78 is 5.40. The number of rotatable bonds is 3. The molecule has 2 aromatic rings. The molecule has 2 N–H and O–H groups in total. The number of ether oxygens (including phenoxy) is 1. The smallest absolute Gasteiger partial charge is 0.122 e. The Balaban J connectivity index is 2.76. The monoisotopic (exact) mass is 264 g/mol. The van der Waals surface area contributed by atoms with Crippen LogP contribution in [0.15, 0.2) is 18.2 Å². The summed E-state index contributed by atoms with van der Waals surface area (Å²) in [6.07, 6.45) is 0.713. The van der Waals surface area contributed by atoms with Crippen LogP contribution in [0.2, 0.25) is 5.02 Å². The molecule has 1 unspecified atom stereocenters. The molecular formula is C14H17ClN2O. The van der Waals surface area contributed by atoms with E-state index in [1.807, 2.05) is 32.0 Å². The van der Waals surface area contributed by atoms with E-state index in [2.05, 4.69) is 4.98 Å². The number of pyridine rings is 1. The fourth-order valence-corrected chi connectivity index (χ4v) is 2.54. The van der Waals surface area contributed by atoms with E-state index in [0.717, 1.165) is 27.9 Å². The van der Waals surface area contributed by atoms with E-state index in [9.17, 15) is 0 Å². The van der Waals surface area contributed by atoms with Gasteiger partial charge in [0.2, 0.25) is 0 Å². The Hall–Kier alpha value is -1.32. The first-order valence-corrected chi connectivity index (χ1v) is 6.29. The van der Waals surface area contributed by atoms with Gasteiger partial charge in [0.05, 0.1) is 17.6 Å². The Kier molecular flexibility index (Phi) is 3.73. The van der Waals surface area contributed by atoms with Crippen molar-refractivity contribution in [3.63, 3.8) is 0 Å². The lowest BCUT2D eigenvalue weighted by atomic mass is 10.0. The van der Waals surface area contributed by atoms with Gasteiger partial charge in [-0.3, -0.25) is 4.98 Å². The molecule has 18 heavy (non-hydrogen) atoms. The molecule has 2 rings (SSSR count). The van der Waals surface area contributed by atoms with Gasteiger partial charge in [-0.15, -0.1) is 0 Å². The molecule has 0 saturated carbocycles. The van der Waals surface area contributed by atoms with Crippen LogP contribution in [0, 0.1) is 6.92 Å². The van der Waals surface area contributed by atoms with Gasteiger partial charge in [-0.2, -0.15) is 0 Å². The van der Waals surface area contributed by atoms with Crippen molar-refractivity contribution in [3.05, 3.63) is 34.5 Å². The van der Waals surface area contributed by atoms with E-state index in [1.54, 1.807) is 7.11 Å². The Morgan fingerprint density at radius 2 is 2.17 bits per heavy atom. The third kappa shape index (κ3) is 2.42. The number of aromatic nitrogens is 1. The summed E-state index contributed by atoms with van der Waals surface area (Å²) in [6, 6.07) is 5.76. The van der Waals surface area contributed by atoms with Gasteiger partial charge in [-0.1, -0.05) is 11.6 Å². The molecule has 0 bridgehead atoms. The van der Waals surface area contributed by atoms with Gasteiger partial charge in [0.1, 0.15) is 5.75 Å². The van der Waals surface area contributed by atoms with Crippen molar-refractivity contribution >= 4 is 22.5 Å². The van der Waals surface area contributed by atoms with E-state index in [-0.39, 0.29) is 6.04 Å².